The molecule has 0 aliphatic heterocycles. The van der Waals surface area contributed by atoms with Gasteiger partial charge in [0.15, 0.2) is 10.9 Å². The van der Waals surface area contributed by atoms with Crippen molar-refractivity contribution in [3.05, 3.63) is 45.0 Å². The van der Waals surface area contributed by atoms with Crippen molar-refractivity contribution in [2.24, 2.45) is 11.8 Å². The largest absolute Gasteiger partial charge is 0.452 e. The summed E-state index contributed by atoms with van der Waals surface area (Å²) in [6.07, 6.45) is 3.11. The number of non-ortho nitro benzene ring substituents is 1. The number of benzene rings is 1. The molecule has 0 saturated heterocycles. The fourth-order valence-electron chi connectivity index (χ4n) is 3.60. The molecule has 3 rings (SSSR count). The first-order valence-electron chi connectivity index (χ1n) is 10.1. The van der Waals surface area contributed by atoms with Crippen LogP contribution in [0.3, 0.4) is 0 Å². The number of hydrogen-bond acceptors (Lipinski definition) is 8. The summed E-state index contributed by atoms with van der Waals surface area (Å²) in [5, 5.41) is 16.0. The van der Waals surface area contributed by atoms with Gasteiger partial charge in [0.05, 0.1) is 10.5 Å². The minimum Gasteiger partial charge on any atom is -0.452 e. The highest BCUT2D eigenvalue weighted by molar-refractivity contribution is 8.01. The molecule has 31 heavy (non-hydrogen) atoms. The quantitative estimate of drug-likeness (QED) is 0.362. The number of nitrogens with zero attached hydrogens (tertiary/aromatic N) is 2. The van der Waals surface area contributed by atoms with Crippen LogP contribution in [0.2, 0.25) is 0 Å². The van der Waals surface area contributed by atoms with E-state index in [9.17, 15) is 19.7 Å². The average Bonchev–Trinajstić information content (AvgIpc) is 3.14. The number of aryl methyl sites for hydroxylation is 1. The molecule has 166 valence electrons. The van der Waals surface area contributed by atoms with Crippen molar-refractivity contribution < 1.29 is 19.2 Å². The van der Waals surface area contributed by atoms with Crippen LogP contribution in [0.4, 0.5) is 5.69 Å². The second-order valence-electron chi connectivity index (χ2n) is 7.81. The van der Waals surface area contributed by atoms with Crippen LogP contribution in [-0.4, -0.2) is 34.4 Å². The summed E-state index contributed by atoms with van der Waals surface area (Å²) < 4.78 is 5.91. The number of nitrogens with one attached hydrogen (secondary N) is 1. The van der Waals surface area contributed by atoms with Crippen LogP contribution in [-0.2, 0) is 9.53 Å². The topological polar surface area (TPSA) is 111 Å². The molecule has 1 fully saturated rings. The predicted molar refractivity (Wildman–Crippen MR) is 118 cm³/mol. The molecule has 0 radical (unpaired) electrons. The highest BCUT2D eigenvalue weighted by Gasteiger charge is 2.28. The van der Waals surface area contributed by atoms with Crippen molar-refractivity contribution in [1.82, 2.24) is 10.3 Å². The van der Waals surface area contributed by atoms with Crippen molar-refractivity contribution in [3.63, 3.8) is 0 Å². The number of hydrogen-bond donors (Lipinski definition) is 1. The molecule has 1 N–H and O–H groups in total. The van der Waals surface area contributed by atoms with Crippen LogP contribution >= 0.6 is 23.1 Å². The third kappa shape index (κ3) is 6.04. The minimum atomic E-state index is -0.778. The van der Waals surface area contributed by atoms with Crippen LogP contribution < -0.4 is 5.32 Å². The number of nitro groups is 1. The van der Waals surface area contributed by atoms with Gasteiger partial charge in [0, 0.05) is 34.1 Å². The third-order valence-corrected chi connectivity index (χ3v) is 7.71. The predicted octanol–water partition coefficient (Wildman–Crippen LogP) is 4.61. The van der Waals surface area contributed by atoms with E-state index in [0.717, 1.165) is 25.0 Å². The second kappa shape index (κ2) is 10.2. The molecule has 1 saturated carbocycles. The summed E-state index contributed by atoms with van der Waals surface area (Å²) >= 11 is 2.65. The van der Waals surface area contributed by atoms with Gasteiger partial charge in [0.25, 0.3) is 11.6 Å². The molecule has 1 aliphatic carbocycles. The van der Waals surface area contributed by atoms with E-state index < -0.39 is 17.5 Å². The molecule has 1 amide bonds. The summed E-state index contributed by atoms with van der Waals surface area (Å²) in [4.78, 5) is 40.5. The molecule has 0 spiro atoms. The van der Waals surface area contributed by atoms with Gasteiger partial charge >= 0.3 is 5.97 Å². The van der Waals surface area contributed by atoms with Crippen molar-refractivity contribution in [2.45, 2.75) is 55.3 Å². The lowest BCUT2D eigenvalue weighted by atomic mass is 9.78. The number of esters is 1. The fourth-order valence-corrected chi connectivity index (χ4v) is 5.49. The number of thiazole rings is 1. The van der Waals surface area contributed by atoms with Gasteiger partial charge in [-0.2, -0.15) is 0 Å². The molecule has 1 aliphatic rings. The molecule has 10 heteroatoms. The Hall–Kier alpha value is -2.46. The molecule has 8 nitrogen and oxygen atoms in total. The smallest absolute Gasteiger partial charge is 0.340 e. The zero-order valence-electron chi connectivity index (χ0n) is 17.6. The maximum Gasteiger partial charge on any atom is 0.340 e. The molecule has 1 aromatic heterocycles. The van der Waals surface area contributed by atoms with E-state index in [0.29, 0.717) is 21.1 Å². The molecule has 1 heterocycles. The van der Waals surface area contributed by atoms with Crippen LogP contribution in [0.1, 0.15) is 49.2 Å². The van der Waals surface area contributed by atoms with Crippen LogP contribution in [0.25, 0.3) is 0 Å². The number of carbonyl (C=O) groups excluding carboxylic acids is 2. The van der Waals surface area contributed by atoms with Crippen molar-refractivity contribution >= 4 is 40.7 Å². The average molecular weight is 464 g/mol. The van der Waals surface area contributed by atoms with E-state index in [4.69, 9.17) is 4.74 Å². The lowest BCUT2D eigenvalue weighted by Gasteiger charge is -2.34. The Labute approximate surface area is 188 Å². The highest BCUT2D eigenvalue weighted by Crippen LogP contribution is 2.35. The Morgan fingerprint density at radius 3 is 2.81 bits per heavy atom. The van der Waals surface area contributed by atoms with Gasteiger partial charge < -0.3 is 10.1 Å². The first kappa shape index (κ1) is 23.2. The second-order valence-corrected chi connectivity index (χ2v) is 9.96. The molecule has 3 atom stereocenters. The van der Waals surface area contributed by atoms with E-state index in [1.807, 2.05) is 12.3 Å². The van der Waals surface area contributed by atoms with Gasteiger partial charge in [0.1, 0.15) is 0 Å². The van der Waals surface area contributed by atoms with E-state index in [1.54, 1.807) is 0 Å². The van der Waals surface area contributed by atoms with Gasteiger partial charge in [-0.25, -0.2) is 9.78 Å². The van der Waals surface area contributed by atoms with Gasteiger partial charge in [0.2, 0.25) is 0 Å². The SMILES string of the molecule is Cc1csc(Sc2ccc([N+](=O)[O-])cc2C(=O)OCC(=O)N[C@@H]2CCC[C@@H](C)[C@@H]2C)n1. The summed E-state index contributed by atoms with van der Waals surface area (Å²) in [5.41, 5.74) is 0.669. The van der Waals surface area contributed by atoms with Gasteiger partial charge in [-0.1, -0.05) is 38.5 Å². The number of carbonyl (C=O) groups is 2. The molecule has 0 bridgehead atoms. The van der Waals surface area contributed by atoms with Crippen LogP contribution in [0, 0.1) is 28.9 Å². The lowest BCUT2D eigenvalue weighted by molar-refractivity contribution is -0.384. The van der Waals surface area contributed by atoms with Crippen molar-refractivity contribution in [2.75, 3.05) is 6.61 Å². The van der Waals surface area contributed by atoms with Crippen LogP contribution in [0.5, 0.6) is 0 Å². The van der Waals surface area contributed by atoms with E-state index >= 15 is 0 Å². The van der Waals surface area contributed by atoms with Crippen molar-refractivity contribution in [1.29, 1.82) is 0 Å². The molecular weight excluding hydrogens is 438 g/mol. The Morgan fingerprint density at radius 2 is 2.13 bits per heavy atom. The zero-order chi connectivity index (χ0) is 22.5. The lowest BCUT2D eigenvalue weighted by Crippen LogP contribution is -2.45. The number of aromatic nitrogens is 1. The summed E-state index contributed by atoms with van der Waals surface area (Å²) in [6.45, 7) is 5.72. The van der Waals surface area contributed by atoms with Crippen molar-refractivity contribution in [3.8, 4) is 0 Å². The molecule has 2 aromatic rings. The minimum absolute atomic E-state index is 0.0412. The summed E-state index contributed by atoms with van der Waals surface area (Å²) in [6, 6.07) is 4.07. The van der Waals surface area contributed by atoms with Gasteiger partial charge in [-0.3, -0.25) is 14.9 Å². The number of rotatable bonds is 7. The fraction of sp³-hybridized carbons (Fsp3) is 0.476. The van der Waals surface area contributed by atoms with E-state index in [2.05, 4.69) is 24.1 Å². The monoisotopic (exact) mass is 463 g/mol. The Bertz CT molecular complexity index is 978. The third-order valence-electron chi connectivity index (χ3n) is 5.58. The summed E-state index contributed by atoms with van der Waals surface area (Å²) in [5.74, 6) is -0.260. The normalized spacial score (nSPS) is 20.8. The van der Waals surface area contributed by atoms with Gasteiger partial charge in [-0.15, -0.1) is 11.3 Å². The number of ether oxygens (including phenoxy) is 1. The Balaban J connectivity index is 1.68. The van der Waals surface area contributed by atoms with Crippen LogP contribution in [0.15, 0.2) is 32.8 Å². The van der Waals surface area contributed by atoms with E-state index in [-0.39, 0.29) is 23.2 Å². The molecule has 0 unspecified atom stereocenters. The first-order chi connectivity index (χ1) is 14.7. The summed E-state index contributed by atoms with van der Waals surface area (Å²) in [7, 11) is 0. The number of amides is 1. The molecular formula is C21H25N3O5S2. The van der Waals surface area contributed by atoms with Gasteiger partial charge in [-0.05, 0) is 31.2 Å². The maximum atomic E-state index is 12.7. The highest BCUT2D eigenvalue weighted by atomic mass is 32.2. The Morgan fingerprint density at radius 1 is 1.35 bits per heavy atom. The van der Waals surface area contributed by atoms with E-state index in [1.165, 1.54) is 41.3 Å². The zero-order valence-corrected chi connectivity index (χ0v) is 19.3. The maximum absolute atomic E-state index is 12.7. The molecule has 1 aromatic carbocycles. The standard InChI is InChI=1S/C21H25N3O5S2/c1-12-5-4-6-17(14(12)3)23-19(25)10-29-20(26)16-9-15(24(27)28)7-8-18(16)31-21-22-13(2)11-30-21/h7-9,11-12,14,17H,4-6,10H2,1-3H3,(H,23,25)/t12-,14+,17-/m1/s1. The number of nitro benzene ring substituents is 1. The Kier molecular flexibility index (Phi) is 7.66. The first-order valence-corrected chi connectivity index (χ1v) is 11.8.